The number of hydrogen-bond donors (Lipinski definition) is 1. The fraction of sp³-hybridized carbons (Fsp3) is 0.867. The molecule has 1 amide bonds. The highest BCUT2D eigenvalue weighted by Crippen LogP contribution is 2.36. The molecule has 2 aliphatic carbocycles. The van der Waals surface area contributed by atoms with E-state index in [0.717, 1.165) is 31.0 Å². The number of nitrogens with one attached hydrogen (secondary N) is 1. The summed E-state index contributed by atoms with van der Waals surface area (Å²) in [5.41, 5.74) is 0. The number of carbonyl (C=O) groups excluding carboxylic acids is 1. The van der Waals surface area contributed by atoms with Crippen molar-refractivity contribution in [1.82, 2.24) is 25.5 Å². The third kappa shape index (κ3) is 5.46. The molecule has 0 saturated heterocycles. The number of nitrogens with zero attached hydrogens (tertiary/aromatic N) is 4. The van der Waals surface area contributed by atoms with Gasteiger partial charge in [0.1, 0.15) is 0 Å². The summed E-state index contributed by atoms with van der Waals surface area (Å²) in [4.78, 5) is 11.8. The van der Waals surface area contributed by atoms with Gasteiger partial charge in [-0.15, -0.1) is 5.10 Å². The SMILES string of the molecule is O=C(CSc1nnnn1C1CC1)NCCCOC1CCCCC1. The molecular formula is C15H25N5O2S. The van der Waals surface area contributed by atoms with Gasteiger partial charge >= 0.3 is 0 Å². The van der Waals surface area contributed by atoms with Crippen molar-refractivity contribution in [2.75, 3.05) is 18.9 Å². The smallest absolute Gasteiger partial charge is 0.230 e. The van der Waals surface area contributed by atoms with Crippen molar-refractivity contribution in [3.8, 4) is 0 Å². The molecule has 0 atom stereocenters. The highest BCUT2D eigenvalue weighted by atomic mass is 32.2. The van der Waals surface area contributed by atoms with Gasteiger partial charge in [-0.05, 0) is 42.5 Å². The highest BCUT2D eigenvalue weighted by Gasteiger charge is 2.28. The maximum atomic E-state index is 11.8. The van der Waals surface area contributed by atoms with E-state index in [2.05, 4.69) is 20.8 Å². The summed E-state index contributed by atoms with van der Waals surface area (Å²) in [6.45, 7) is 1.40. The summed E-state index contributed by atoms with van der Waals surface area (Å²) >= 11 is 1.40. The number of ether oxygens (including phenoxy) is 1. The van der Waals surface area contributed by atoms with Crippen molar-refractivity contribution in [1.29, 1.82) is 0 Å². The minimum Gasteiger partial charge on any atom is -0.378 e. The Labute approximate surface area is 140 Å². The molecule has 0 spiro atoms. The summed E-state index contributed by atoms with van der Waals surface area (Å²) < 4.78 is 7.68. The van der Waals surface area contributed by atoms with Crippen molar-refractivity contribution in [2.45, 2.75) is 68.7 Å². The van der Waals surface area contributed by atoms with Crippen molar-refractivity contribution in [3.63, 3.8) is 0 Å². The largest absolute Gasteiger partial charge is 0.378 e. The summed E-state index contributed by atoms with van der Waals surface area (Å²) in [6, 6.07) is 0.437. The Morgan fingerprint density at radius 3 is 2.87 bits per heavy atom. The maximum absolute atomic E-state index is 11.8. The van der Waals surface area contributed by atoms with Gasteiger partial charge in [0, 0.05) is 13.2 Å². The second kappa shape index (κ2) is 8.63. The lowest BCUT2D eigenvalue weighted by Crippen LogP contribution is -2.27. The van der Waals surface area contributed by atoms with Gasteiger partial charge in [0.15, 0.2) is 0 Å². The van der Waals surface area contributed by atoms with Crippen LogP contribution in [0.25, 0.3) is 0 Å². The van der Waals surface area contributed by atoms with Crippen LogP contribution in [0.15, 0.2) is 5.16 Å². The molecule has 7 nitrogen and oxygen atoms in total. The van der Waals surface area contributed by atoms with Gasteiger partial charge in [0.25, 0.3) is 0 Å². The predicted molar refractivity (Wildman–Crippen MR) is 87.3 cm³/mol. The van der Waals surface area contributed by atoms with Crippen molar-refractivity contribution in [3.05, 3.63) is 0 Å². The van der Waals surface area contributed by atoms with E-state index in [4.69, 9.17) is 4.74 Å². The molecule has 128 valence electrons. The number of tetrazole rings is 1. The Hall–Kier alpha value is -1.15. The van der Waals surface area contributed by atoms with E-state index >= 15 is 0 Å². The quantitative estimate of drug-likeness (QED) is 0.547. The van der Waals surface area contributed by atoms with Crippen LogP contribution in [0, 0.1) is 0 Å². The number of hydrogen-bond acceptors (Lipinski definition) is 6. The van der Waals surface area contributed by atoms with Gasteiger partial charge in [-0.25, -0.2) is 4.68 Å². The molecule has 0 aliphatic heterocycles. The zero-order valence-electron chi connectivity index (χ0n) is 13.4. The lowest BCUT2D eigenvalue weighted by atomic mass is 9.98. The Bertz CT molecular complexity index is 500. The summed E-state index contributed by atoms with van der Waals surface area (Å²) in [5.74, 6) is 0.384. The van der Waals surface area contributed by atoms with E-state index in [1.807, 2.05) is 4.68 Å². The van der Waals surface area contributed by atoms with Crippen LogP contribution >= 0.6 is 11.8 Å². The van der Waals surface area contributed by atoms with Crippen LogP contribution in [-0.2, 0) is 9.53 Å². The molecule has 1 N–H and O–H groups in total. The monoisotopic (exact) mass is 339 g/mol. The molecule has 2 aliphatic rings. The van der Waals surface area contributed by atoms with Crippen LogP contribution < -0.4 is 5.32 Å². The average Bonchev–Trinajstić information content (AvgIpc) is 3.32. The predicted octanol–water partition coefficient (Wildman–Crippen LogP) is 1.96. The van der Waals surface area contributed by atoms with Gasteiger partial charge in [-0.1, -0.05) is 31.0 Å². The van der Waals surface area contributed by atoms with Crippen LogP contribution in [0.4, 0.5) is 0 Å². The molecule has 0 aromatic carbocycles. The van der Waals surface area contributed by atoms with Crippen LogP contribution in [0.5, 0.6) is 0 Å². The summed E-state index contributed by atoms with van der Waals surface area (Å²) in [7, 11) is 0. The molecule has 1 aromatic rings. The molecule has 1 aromatic heterocycles. The Balaban J connectivity index is 1.24. The van der Waals surface area contributed by atoms with Crippen molar-refractivity contribution < 1.29 is 9.53 Å². The van der Waals surface area contributed by atoms with E-state index in [1.165, 1.54) is 43.9 Å². The van der Waals surface area contributed by atoms with Crippen molar-refractivity contribution in [2.24, 2.45) is 0 Å². The van der Waals surface area contributed by atoms with Gasteiger partial charge < -0.3 is 10.1 Å². The maximum Gasteiger partial charge on any atom is 0.230 e. The van der Waals surface area contributed by atoms with Crippen molar-refractivity contribution >= 4 is 17.7 Å². The van der Waals surface area contributed by atoms with Gasteiger partial charge in [0.2, 0.25) is 11.1 Å². The standard InChI is InChI=1S/C15H25N5O2S/c21-14(11-23-15-17-18-19-20(15)12-7-8-12)16-9-4-10-22-13-5-2-1-3-6-13/h12-13H,1-11H2,(H,16,21). The average molecular weight is 339 g/mol. The van der Waals surface area contributed by atoms with E-state index in [9.17, 15) is 4.79 Å². The second-order valence-electron chi connectivity index (χ2n) is 6.26. The van der Waals surface area contributed by atoms with Crippen LogP contribution in [0.3, 0.4) is 0 Å². The molecular weight excluding hydrogens is 314 g/mol. The highest BCUT2D eigenvalue weighted by molar-refractivity contribution is 7.99. The van der Waals surface area contributed by atoms with E-state index < -0.39 is 0 Å². The normalized spacial score (nSPS) is 19.0. The van der Waals surface area contributed by atoms with E-state index in [-0.39, 0.29) is 5.91 Å². The molecule has 8 heteroatoms. The first kappa shape index (κ1) is 16.7. The first-order valence-electron chi connectivity index (χ1n) is 8.62. The topological polar surface area (TPSA) is 81.9 Å². The zero-order valence-corrected chi connectivity index (χ0v) is 14.3. The van der Waals surface area contributed by atoms with Gasteiger partial charge in [-0.3, -0.25) is 4.79 Å². The minimum absolute atomic E-state index is 0.0259. The summed E-state index contributed by atoms with van der Waals surface area (Å²) in [5, 5.41) is 15.3. The molecule has 2 saturated carbocycles. The van der Waals surface area contributed by atoms with Gasteiger partial charge in [0.05, 0.1) is 17.9 Å². The molecule has 3 rings (SSSR count). The number of rotatable bonds is 9. The molecule has 0 unspecified atom stereocenters. The Morgan fingerprint density at radius 1 is 1.26 bits per heavy atom. The molecule has 0 radical (unpaired) electrons. The molecule has 0 bridgehead atoms. The van der Waals surface area contributed by atoms with E-state index in [0.29, 0.717) is 24.4 Å². The number of aromatic nitrogens is 4. The Kier molecular flexibility index (Phi) is 6.27. The minimum atomic E-state index is 0.0259. The fourth-order valence-corrected chi connectivity index (χ4v) is 3.57. The van der Waals surface area contributed by atoms with Crippen LogP contribution in [0.1, 0.15) is 57.4 Å². The number of carbonyl (C=O) groups is 1. The summed E-state index contributed by atoms with van der Waals surface area (Å²) in [6.07, 6.45) is 9.88. The number of amides is 1. The first-order valence-corrected chi connectivity index (χ1v) is 9.60. The first-order chi connectivity index (χ1) is 11.3. The van der Waals surface area contributed by atoms with E-state index in [1.54, 1.807) is 0 Å². The lowest BCUT2D eigenvalue weighted by molar-refractivity contribution is -0.118. The zero-order chi connectivity index (χ0) is 15.9. The lowest BCUT2D eigenvalue weighted by Gasteiger charge is -2.21. The third-order valence-electron chi connectivity index (χ3n) is 4.24. The molecule has 1 heterocycles. The molecule has 23 heavy (non-hydrogen) atoms. The third-order valence-corrected chi connectivity index (χ3v) is 5.17. The van der Waals surface area contributed by atoms with Crippen LogP contribution in [0.2, 0.25) is 0 Å². The Morgan fingerprint density at radius 2 is 2.09 bits per heavy atom. The second-order valence-corrected chi connectivity index (χ2v) is 7.20. The van der Waals surface area contributed by atoms with Gasteiger partial charge in [-0.2, -0.15) is 0 Å². The molecule has 2 fully saturated rings. The number of thioether (sulfide) groups is 1. The fourth-order valence-electron chi connectivity index (χ4n) is 2.79. The van der Waals surface area contributed by atoms with Crippen LogP contribution in [-0.4, -0.2) is 51.1 Å².